The van der Waals surface area contributed by atoms with Crippen LogP contribution in [0.4, 0.5) is 0 Å². The minimum atomic E-state index is 0.516. The summed E-state index contributed by atoms with van der Waals surface area (Å²) in [4.78, 5) is 11.2. The Morgan fingerprint density at radius 3 is 2.85 bits per heavy atom. The van der Waals surface area contributed by atoms with Gasteiger partial charge in [-0.2, -0.15) is 5.10 Å². The highest BCUT2D eigenvalue weighted by Crippen LogP contribution is 2.29. The highest BCUT2D eigenvalue weighted by molar-refractivity contribution is 5.80. The van der Waals surface area contributed by atoms with Crippen molar-refractivity contribution in [2.45, 2.75) is 31.7 Å². The summed E-state index contributed by atoms with van der Waals surface area (Å²) in [7, 11) is 3.81. The molecule has 4 rings (SSSR count). The van der Waals surface area contributed by atoms with Gasteiger partial charge in [-0.3, -0.25) is 9.67 Å². The van der Waals surface area contributed by atoms with Crippen LogP contribution in [0.5, 0.6) is 5.88 Å². The Labute approximate surface area is 160 Å². The summed E-state index contributed by atoms with van der Waals surface area (Å²) in [6, 6.07) is 4.02. The molecule has 1 aliphatic heterocycles. The first-order valence-corrected chi connectivity index (χ1v) is 9.73. The van der Waals surface area contributed by atoms with E-state index < -0.39 is 0 Å². The number of rotatable bonds is 6. The van der Waals surface area contributed by atoms with E-state index in [-0.39, 0.29) is 0 Å². The first-order valence-electron chi connectivity index (χ1n) is 9.73. The SMILES string of the molecule is CN=C(NCc1ccc(OCC2CC2)nc1)N1CCC(c2cnn(C)c2)C1. The molecule has 2 fully saturated rings. The van der Waals surface area contributed by atoms with Crippen molar-refractivity contribution in [1.29, 1.82) is 0 Å². The number of hydrogen-bond acceptors (Lipinski definition) is 4. The second-order valence-corrected chi connectivity index (χ2v) is 7.54. The Kier molecular flexibility index (Phi) is 5.27. The highest BCUT2D eigenvalue weighted by atomic mass is 16.5. The molecule has 0 bridgehead atoms. The van der Waals surface area contributed by atoms with Gasteiger partial charge in [0.25, 0.3) is 0 Å². The lowest BCUT2D eigenvalue weighted by Gasteiger charge is -2.21. The molecule has 0 aromatic carbocycles. The first-order chi connectivity index (χ1) is 13.2. The monoisotopic (exact) mass is 368 g/mol. The fraction of sp³-hybridized carbons (Fsp3) is 0.550. The summed E-state index contributed by atoms with van der Waals surface area (Å²) in [6.07, 6.45) is 9.68. The summed E-state index contributed by atoms with van der Waals surface area (Å²) in [5.41, 5.74) is 2.43. The molecule has 0 radical (unpaired) electrons. The largest absolute Gasteiger partial charge is 0.477 e. The van der Waals surface area contributed by atoms with Crippen LogP contribution in [0.3, 0.4) is 0 Å². The molecule has 7 heteroatoms. The number of likely N-dealkylation sites (tertiary alicyclic amines) is 1. The molecule has 0 spiro atoms. The van der Waals surface area contributed by atoms with Gasteiger partial charge in [-0.05, 0) is 36.3 Å². The highest BCUT2D eigenvalue weighted by Gasteiger charge is 2.27. The molecule has 1 unspecified atom stereocenters. The lowest BCUT2D eigenvalue weighted by atomic mass is 10.0. The Bertz CT molecular complexity index is 780. The molecule has 2 aromatic rings. The van der Waals surface area contributed by atoms with E-state index in [9.17, 15) is 0 Å². The van der Waals surface area contributed by atoms with Gasteiger partial charge in [-0.1, -0.05) is 6.07 Å². The minimum absolute atomic E-state index is 0.516. The third-order valence-electron chi connectivity index (χ3n) is 5.31. The minimum Gasteiger partial charge on any atom is -0.477 e. The predicted molar refractivity (Wildman–Crippen MR) is 105 cm³/mol. The zero-order valence-electron chi connectivity index (χ0n) is 16.1. The van der Waals surface area contributed by atoms with Gasteiger partial charge < -0.3 is 15.0 Å². The number of aryl methyl sites for hydroxylation is 1. The van der Waals surface area contributed by atoms with Gasteiger partial charge in [0, 0.05) is 58.1 Å². The number of guanidine groups is 1. The van der Waals surface area contributed by atoms with Crippen LogP contribution in [0.25, 0.3) is 0 Å². The van der Waals surface area contributed by atoms with Crippen molar-refractivity contribution in [3.8, 4) is 5.88 Å². The molecular weight excluding hydrogens is 340 g/mol. The van der Waals surface area contributed by atoms with E-state index in [0.29, 0.717) is 18.3 Å². The van der Waals surface area contributed by atoms with Crippen LogP contribution in [0.1, 0.15) is 36.3 Å². The van der Waals surface area contributed by atoms with Crippen LogP contribution in [0, 0.1) is 5.92 Å². The molecule has 2 aliphatic rings. The zero-order chi connectivity index (χ0) is 18.6. The van der Waals surface area contributed by atoms with Crippen molar-refractivity contribution in [3.63, 3.8) is 0 Å². The molecule has 144 valence electrons. The normalized spacial score (nSPS) is 20.1. The molecule has 2 aromatic heterocycles. The molecule has 3 heterocycles. The lowest BCUT2D eigenvalue weighted by Crippen LogP contribution is -2.39. The molecular formula is C20H28N6O. The fourth-order valence-electron chi connectivity index (χ4n) is 3.48. The van der Waals surface area contributed by atoms with E-state index in [2.05, 4.69) is 37.6 Å². The van der Waals surface area contributed by atoms with Gasteiger partial charge >= 0.3 is 0 Å². The number of pyridine rings is 1. The maximum absolute atomic E-state index is 5.70. The van der Waals surface area contributed by atoms with E-state index in [1.165, 1.54) is 18.4 Å². The first kappa shape index (κ1) is 17.8. The second kappa shape index (κ2) is 7.98. The summed E-state index contributed by atoms with van der Waals surface area (Å²) in [6.45, 7) is 3.48. The maximum Gasteiger partial charge on any atom is 0.213 e. The zero-order valence-corrected chi connectivity index (χ0v) is 16.1. The van der Waals surface area contributed by atoms with E-state index in [0.717, 1.165) is 43.6 Å². The van der Waals surface area contributed by atoms with Crippen molar-refractivity contribution in [3.05, 3.63) is 41.9 Å². The molecule has 0 amide bonds. The molecule has 1 aliphatic carbocycles. The predicted octanol–water partition coefficient (Wildman–Crippen LogP) is 2.17. The van der Waals surface area contributed by atoms with Gasteiger partial charge in [0.05, 0.1) is 12.8 Å². The Morgan fingerprint density at radius 1 is 1.30 bits per heavy atom. The van der Waals surface area contributed by atoms with Gasteiger partial charge in [-0.15, -0.1) is 0 Å². The van der Waals surface area contributed by atoms with Crippen LogP contribution in [-0.2, 0) is 13.6 Å². The molecule has 1 saturated heterocycles. The van der Waals surface area contributed by atoms with Crippen molar-refractivity contribution < 1.29 is 4.74 Å². The van der Waals surface area contributed by atoms with Crippen LogP contribution >= 0.6 is 0 Å². The average molecular weight is 368 g/mol. The van der Waals surface area contributed by atoms with E-state index >= 15 is 0 Å². The van der Waals surface area contributed by atoms with Gasteiger partial charge in [-0.25, -0.2) is 4.98 Å². The molecule has 27 heavy (non-hydrogen) atoms. The number of hydrogen-bond donors (Lipinski definition) is 1. The summed E-state index contributed by atoms with van der Waals surface area (Å²) < 4.78 is 7.57. The number of nitrogens with one attached hydrogen (secondary N) is 1. The van der Waals surface area contributed by atoms with E-state index in [4.69, 9.17) is 4.74 Å². The van der Waals surface area contributed by atoms with Gasteiger partial charge in [0.1, 0.15) is 0 Å². The topological polar surface area (TPSA) is 67.6 Å². The Morgan fingerprint density at radius 2 is 2.19 bits per heavy atom. The Balaban J connectivity index is 1.27. The van der Waals surface area contributed by atoms with Crippen LogP contribution in [0.15, 0.2) is 35.7 Å². The average Bonchev–Trinajstić information content (AvgIpc) is 3.21. The fourth-order valence-corrected chi connectivity index (χ4v) is 3.48. The molecule has 1 N–H and O–H groups in total. The number of nitrogens with zero attached hydrogens (tertiary/aromatic N) is 5. The van der Waals surface area contributed by atoms with E-state index in [1.54, 1.807) is 0 Å². The molecule has 1 atom stereocenters. The molecule has 7 nitrogen and oxygen atoms in total. The van der Waals surface area contributed by atoms with Crippen molar-refractivity contribution in [1.82, 2.24) is 25.0 Å². The second-order valence-electron chi connectivity index (χ2n) is 7.54. The van der Waals surface area contributed by atoms with E-state index in [1.807, 2.05) is 37.2 Å². The van der Waals surface area contributed by atoms with Crippen LogP contribution < -0.4 is 10.1 Å². The number of ether oxygens (including phenoxy) is 1. The number of aliphatic imine (C=N–C) groups is 1. The smallest absolute Gasteiger partial charge is 0.213 e. The van der Waals surface area contributed by atoms with Gasteiger partial charge in [0.2, 0.25) is 5.88 Å². The van der Waals surface area contributed by atoms with Crippen LogP contribution in [0.2, 0.25) is 0 Å². The van der Waals surface area contributed by atoms with Gasteiger partial charge in [0.15, 0.2) is 5.96 Å². The third-order valence-corrected chi connectivity index (χ3v) is 5.31. The van der Waals surface area contributed by atoms with Crippen molar-refractivity contribution >= 4 is 5.96 Å². The summed E-state index contributed by atoms with van der Waals surface area (Å²) in [5, 5.41) is 7.75. The molecule has 1 saturated carbocycles. The number of aromatic nitrogens is 3. The quantitative estimate of drug-likeness (QED) is 0.625. The van der Waals surface area contributed by atoms with Crippen LogP contribution in [-0.4, -0.2) is 52.4 Å². The maximum atomic E-state index is 5.70. The summed E-state index contributed by atoms with van der Waals surface area (Å²) >= 11 is 0. The standard InChI is InChI=1S/C20H28N6O/c1-21-20(26-8-7-17(13-26)18-11-24-25(2)12-18)23-10-16-5-6-19(22-9-16)27-14-15-3-4-15/h5-6,9,11-12,15,17H,3-4,7-8,10,13-14H2,1-2H3,(H,21,23). The van der Waals surface area contributed by atoms with Crippen molar-refractivity contribution in [2.24, 2.45) is 18.0 Å². The lowest BCUT2D eigenvalue weighted by molar-refractivity contribution is 0.288. The van der Waals surface area contributed by atoms with Crippen molar-refractivity contribution in [2.75, 3.05) is 26.7 Å². The summed E-state index contributed by atoms with van der Waals surface area (Å²) in [5.74, 6) is 2.92. The third kappa shape index (κ3) is 4.59. The Hall–Kier alpha value is -2.57.